The lowest BCUT2D eigenvalue weighted by atomic mass is 10.2. The molecule has 0 radical (unpaired) electrons. The Labute approximate surface area is 121 Å². The van der Waals surface area contributed by atoms with E-state index in [0.717, 1.165) is 38.3 Å². The zero-order valence-corrected chi connectivity index (χ0v) is 12.9. The Morgan fingerprint density at radius 1 is 1.25 bits per heavy atom. The van der Waals surface area contributed by atoms with Gasteiger partial charge in [-0.15, -0.1) is 0 Å². The van der Waals surface area contributed by atoms with E-state index in [4.69, 9.17) is 10.9 Å². The Morgan fingerprint density at radius 2 is 1.90 bits per heavy atom. The molecule has 5 N–H and O–H groups in total. The third kappa shape index (κ3) is 4.99. The minimum Gasteiger partial charge on any atom is -0.397 e. The van der Waals surface area contributed by atoms with Crippen LogP contribution in [-0.2, 0) is 10.0 Å². The van der Waals surface area contributed by atoms with Crippen LogP contribution < -0.4 is 16.2 Å². The zero-order chi connectivity index (χ0) is 15.2. The Bertz CT molecular complexity index is 527. The summed E-state index contributed by atoms with van der Waals surface area (Å²) in [5.74, 6) is 0. The molecule has 114 valence electrons. The summed E-state index contributed by atoms with van der Waals surface area (Å²) in [6, 6.07) is 4.48. The molecule has 0 saturated carbocycles. The van der Waals surface area contributed by atoms with Crippen LogP contribution in [0.25, 0.3) is 0 Å². The Kier molecular flexibility index (Phi) is 6.25. The van der Waals surface area contributed by atoms with Crippen molar-refractivity contribution in [3.05, 3.63) is 18.2 Å². The van der Waals surface area contributed by atoms with E-state index in [1.54, 1.807) is 6.07 Å². The highest BCUT2D eigenvalue weighted by Crippen LogP contribution is 2.21. The molecular weight excluding hydrogens is 276 g/mol. The predicted molar refractivity (Wildman–Crippen MR) is 83.1 cm³/mol. The summed E-state index contributed by atoms with van der Waals surface area (Å²) in [5, 5.41) is 8.26. The topological polar surface area (TPSA) is 101 Å². The molecule has 1 aromatic rings. The van der Waals surface area contributed by atoms with E-state index in [2.05, 4.69) is 24.1 Å². The van der Waals surface area contributed by atoms with Crippen molar-refractivity contribution >= 4 is 21.4 Å². The molecule has 0 aliphatic carbocycles. The predicted octanol–water partition coefficient (Wildman–Crippen LogP) is 1.06. The second-order valence-corrected chi connectivity index (χ2v) is 6.16. The van der Waals surface area contributed by atoms with Crippen molar-refractivity contribution in [3.8, 4) is 0 Å². The molecule has 0 aliphatic rings. The van der Waals surface area contributed by atoms with E-state index in [1.807, 2.05) is 0 Å². The van der Waals surface area contributed by atoms with E-state index in [9.17, 15) is 8.42 Å². The molecule has 0 unspecified atom stereocenters. The van der Waals surface area contributed by atoms with Crippen LogP contribution in [0.3, 0.4) is 0 Å². The number of primary sulfonamides is 1. The number of nitrogens with two attached hydrogens (primary N) is 2. The fourth-order valence-electron chi connectivity index (χ4n) is 1.94. The van der Waals surface area contributed by atoms with Gasteiger partial charge < -0.3 is 16.0 Å². The molecule has 0 fully saturated rings. The van der Waals surface area contributed by atoms with E-state index < -0.39 is 10.0 Å². The van der Waals surface area contributed by atoms with Gasteiger partial charge in [-0.2, -0.15) is 0 Å². The quantitative estimate of drug-likeness (QED) is 0.492. The average Bonchev–Trinajstić information content (AvgIpc) is 2.39. The summed E-state index contributed by atoms with van der Waals surface area (Å²) in [5.41, 5.74) is 6.94. The minimum absolute atomic E-state index is 0.0312. The lowest BCUT2D eigenvalue weighted by molar-refractivity contribution is 0.303. The fourth-order valence-corrected chi connectivity index (χ4v) is 2.49. The largest absolute Gasteiger partial charge is 0.397 e. The molecule has 0 aliphatic heterocycles. The first-order chi connectivity index (χ1) is 9.38. The van der Waals surface area contributed by atoms with Crippen LogP contribution in [0, 0.1) is 0 Å². The van der Waals surface area contributed by atoms with Crippen LogP contribution in [0.4, 0.5) is 11.4 Å². The number of hydrogen-bond acceptors (Lipinski definition) is 5. The second kappa shape index (κ2) is 7.47. The van der Waals surface area contributed by atoms with Gasteiger partial charge in [0.15, 0.2) is 0 Å². The highest BCUT2D eigenvalue weighted by atomic mass is 32.2. The molecule has 0 amide bonds. The summed E-state index contributed by atoms with van der Waals surface area (Å²) in [6.07, 6.45) is 0.998. The van der Waals surface area contributed by atoms with Crippen molar-refractivity contribution in [2.45, 2.75) is 25.2 Å². The maximum Gasteiger partial charge on any atom is 0.238 e. The smallest absolute Gasteiger partial charge is 0.238 e. The number of rotatable bonds is 8. The lowest BCUT2D eigenvalue weighted by Crippen LogP contribution is -2.25. The Hall–Kier alpha value is -1.31. The third-order valence-corrected chi connectivity index (χ3v) is 4.12. The molecule has 7 heteroatoms. The highest BCUT2D eigenvalue weighted by molar-refractivity contribution is 7.89. The van der Waals surface area contributed by atoms with Gasteiger partial charge in [0.05, 0.1) is 16.3 Å². The summed E-state index contributed by atoms with van der Waals surface area (Å²) in [6.45, 7) is 8.18. The molecule has 20 heavy (non-hydrogen) atoms. The maximum atomic E-state index is 11.2. The van der Waals surface area contributed by atoms with Gasteiger partial charge in [-0.25, -0.2) is 13.6 Å². The van der Waals surface area contributed by atoms with Crippen LogP contribution in [0.1, 0.15) is 20.3 Å². The van der Waals surface area contributed by atoms with Gasteiger partial charge >= 0.3 is 0 Å². The first kappa shape index (κ1) is 16.7. The van der Waals surface area contributed by atoms with Crippen LogP contribution in [0.2, 0.25) is 0 Å². The minimum atomic E-state index is -3.70. The lowest BCUT2D eigenvalue weighted by Gasteiger charge is -2.18. The summed E-state index contributed by atoms with van der Waals surface area (Å²) in [7, 11) is -3.70. The monoisotopic (exact) mass is 300 g/mol. The number of nitrogens with zero attached hydrogens (tertiary/aromatic N) is 1. The number of anilines is 2. The van der Waals surface area contributed by atoms with E-state index in [0.29, 0.717) is 5.69 Å². The third-order valence-electron chi connectivity index (χ3n) is 3.21. The van der Waals surface area contributed by atoms with Crippen molar-refractivity contribution in [2.75, 3.05) is 37.2 Å². The summed E-state index contributed by atoms with van der Waals surface area (Å²) >= 11 is 0. The van der Waals surface area contributed by atoms with Gasteiger partial charge in [-0.3, -0.25) is 0 Å². The molecule has 6 nitrogen and oxygen atoms in total. The number of sulfonamides is 1. The van der Waals surface area contributed by atoms with E-state index in [1.165, 1.54) is 12.1 Å². The normalized spacial score (nSPS) is 11.8. The van der Waals surface area contributed by atoms with Crippen LogP contribution in [0.5, 0.6) is 0 Å². The van der Waals surface area contributed by atoms with Crippen molar-refractivity contribution in [1.82, 2.24) is 4.90 Å². The molecule has 0 saturated heterocycles. The molecular formula is C13H24N4O2S. The maximum absolute atomic E-state index is 11.2. The van der Waals surface area contributed by atoms with Crippen molar-refractivity contribution < 1.29 is 8.42 Å². The summed E-state index contributed by atoms with van der Waals surface area (Å²) < 4.78 is 22.4. The van der Waals surface area contributed by atoms with Crippen molar-refractivity contribution in [2.24, 2.45) is 5.14 Å². The fraction of sp³-hybridized carbons (Fsp3) is 0.538. The molecule has 0 bridgehead atoms. The number of nitrogens with one attached hydrogen (secondary N) is 1. The molecule has 0 spiro atoms. The van der Waals surface area contributed by atoms with Crippen LogP contribution >= 0.6 is 0 Å². The first-order valence-electron chi connectivity index (χ1n) is 6.77. The van der Waals surface area contributed by atoms with Gasteiger partial charge in [0.25, 0.3) is 0 Å². The van der Waals surface area contributed by atoms with Gasteiger partial charge in [-0.1, -0.05) is 13.8 Å². The van der Waals surface area contributed by atoms with Gasteiger partial charge in [0.2, 0.25) is 10.0 Å². The zero-order valence-electron chi connectivity index (χ0n) is 12.1. The van der Waals surface area contributed by atoms with Crippen LogP contribution in [0.15, 0.2) is 23.1 Å². The molecule has 1 rings (SSSR count). The standard InChI is InChI=1S/C13H24N4O2S/c1-3-17(4-2)9-5-8-16-13-7-6-11(10-12(13)14)20(15,18)19/h6-7,10,16H,3-5,8-9,14H2,1-2H3,(H2,15,18,19). The average molecular weight is 300 g/mol. The highest BCUT2D eigenvalue weighted by Gasteiger charge is 2.09. The molecule has 0 aromatic heterocycles. The number of benzene rings is 1. The van der Waals surface area contributed by atoms with Gasteiger partial charge in [0, 0.05) is 6.54 Å². The SMILES string of the molecule is CCN(CC)CCCNc1ccc(S(N)(=O)=O)cc1N. The first-order valence-corrected chi connectivity index (χ1v) is 8.31. The van der Waals surface area contributed by atoms with E-state index >= 15 is 0 Å². The number of hydrogen-bond donors (Lipinski definition) is 3. The van der Waals surface area contributed by atoms with E-state index in [-0.39, 0.29) is 4.90 Å². The van der Waals surface area contributed by atoms with Crippen molar-refractivity contribution in [3.63, 3.8) is 0 Å². The molecule has 0 atom stereocenters. The van der Waals surface area contributed by atoms with Gasteiger partial charge in [0.1, 0.15) is 0 Å². The van der Waals surface area contributed by atoms with Gasteiger partial charge in [-0.05, 0) is 44.3 Å². The van der Waals surface area contributed by atoms with Crippen LogP contribution in [-0.4, -0.2) is 39.5 Å². The summed E-state index contributed by atoms with van der Waals surface area (Å²) in [4.78, 5) is 2.37. The number of nitrogen functional groups attached to an aromatic ring is 1. The molecule has 1 aromatic carbocycles. The Balaban J connectivity index is 2.53. The Morgan fingerprint density at radius 3 is 2.40 bits per heavy atom. The second-order valence-electron chi connectivity index (χ2n) is 4.60. The van der Waals surface area contributed by atoms with Crippen molar-refractivity contribution in [1.29, 1.82) is 0 Å². The molecule has 0 heterocycles.